The molecule has 0 aliphatic heterocycles. The van der Waals surface area contributed by atoms with Crippen molar-refractivity contribution in [1.29, 1.82) is 0 Å². The van der Waals surface area contributed by atoms with Gasteiger partial charge in [0.1, 0.15) is 11.9 Å². The average Bonchev–Trinajstić information content (AvgIpc) is 3.02. The van der Waals surface area contributed by atoms with Gasteiger partial charge in [0.2, 0.25) is 0 Å². The minimum absolute atomic E-state index is 0.0315. The minimum Gasteiger partial charge on any atom is -0.335 e. The first-order valence-electron chi connectivity index (χ1n) is 10.6. The second kappa shape index (κ2) is 10.4. The Bertz CT molecular complexity index is 718. The van der Waals surface area contributed by atoms with Crippen molar-refractivity contribution < 1.29 is 14.6 Å². The van der Waals surface area contributed by atoms with E-state index in [2.05, 4.69) is 23.4 Å². The summed E-state index contributed by atoms with van der Waals surface area (Å²) in [6.07, 6.45) is 11.2. The second-order valence-corrected chi connectivity index (χ2v) is 8.00. The van der Waals surface area contributed by atoms with Gasteiger partial charge in [-0.05, 0) is 24.8 Å². The molecule has 0 radical (unpaired) electrons. The van der Waals surface area contributed by atoms with Gasteiger partial charge in [-0.15, -0.1) is 0 Å². The summed E-state index contributed by atoms with van der Waals surface area (Å²) in [6, 6.07) is 9.83. The van der Waals surface area contributed by atoms with Crippen molar-refractivity contribution in [1.82, 2.24) is 9.55 Å². The maximum Gasteiger partial charge on any atom is 0.349 e. The highest BCUT2D eigenvalue weighted by Gasteiger charge is 2.25. The number of aryl methyl sites for hydroxylation is 1. The Morgan fingerprint density at radius 2 is 1.86 bits per heavy atom. The van der Waals surface area contributed by atoms with E-state index in [0.717, 1.165) is 37.1 Å². The summed E-state index contributed by atoms with van der Waals surface area (Å²) in [6.45, 7) is 4.97. The van der Waals surface area contributed by atoms with E-state index in [1.807, 2.05) is 42.7 Å². The van der Waals surface area contributed by atoms with E-state index < -0.39 is 0 Å². The number of imidazole rings is 1. The van der Waals surface area contributed by atoms with Crippen LogP contribution in [0.15, 0.2) is 42.7 Å². The lowest BCUT2D eigenvalue weighted by atomic mass is 9.96. The van der Waals surface area contributed by atoms with Crippen molar-refractivity contribution in [2.24, 2.45) is 0 Å². The monoisotopic (exact) mass is 384 g/mol. The third-order valence-electron chi connectivity index (χ3n) is 5.48. The van der Waals surface area contributed by atoms with E-state index >= 15 is 0 Å². The second-order valence-electron chi connectivity index (χ2n) is 8.00. The minimum atomic E-state index is -0.352. The van der Waals surface area contributed by atoms with Gasteiger partial charge in [-0.25, -0.2) is 9.78 Å². The number of hydrogen-bond acceptors (Lipinski definition) is 4. The van der Waals surface area contributed by atoms with Crippen LogP contribution in [0.3, 0.4) is 0 Å². The van der Waals surface area contributed by atoms with E-state index in [9.17, 15) is 4.79 Å². The van der Waals surface area contributed by atoms with Gasteiger partial charge >= 0.3 is 5.97 Å². The van der Waals surface area contributed by atoms with Crippen LogP contribution >= 0.6 is 0 Å². The maximum absolute atomic E-state index is 12.9. The number of carbonyl (C=O) groups excluding carboxylic acids is 1. The van der Waals surface area contributed by atoms with Gasteiger partial charge in [0.25, 0.3) is 0 Å². The zero-order chi connectivity index (χ0) is 19.8. The molecule has 1 aromatic heterocycles. The molecular weight excluding hydrogens is 352 g/mol. The van der Waals surface area contributed by atoms with Gasteiger partial charge < -0.3 is 4.57 Å². The van der Waals surface area contributed by atoms with Crippen LogP contribution in [0.25, 0.3) is 0 Å². The predicted molar refractivity (Wildman–Crippen MR) is 109 cm³/mol. The molecule has 5 nitrogen and oxygen atoms in total. The molecule has 1 atom stereocenters. The Labute approximate surface area is 168 Å². The molecule has 1 saturated carbocycles. The summed E-state index contributed by atoms with van der Waals surface area (Å²) in [5.41, 5.74) is 0.961. The number of benzene rings is 1. The highest BCUT2D eigenvalue weighted by molar-refractivity contribution is 5.77. The van der Waals surface area contributed by atoms with E-state index in [-0.39, 0.29) is 18.0 Å². The van der Waals surface area contributed by atoms with Crippen LogP contribution in [0.4, 0.5) is 0 Å². The van der Waals surface area contributed by atoms with Crippen molar-refractivity contribution in [3.05, 3.63) is 54.1 Å². The molecule has 1 fully saturated rings. The van der Waals surface area contributed by atoms with E-state index in [4.69, 9.17) is 9.78 Å². The fourth-order valence-corrected chi connectivity index (χ4v) is 3.90. The summed E-state index contributed by atoms with van der Waals surface area (Å²) in [4.78, 5) is 28.2. The fourth-order valence-electron chi connectivity index (χ4n) is 3.90. The largest absolute Gasteiger partial charge is 0.349 e. The molecule has 0 amide bonds. The van der Waals surface area contributed by atoms with Crippen molar-refractivity contribution in [3.63, 3.8) is 0 Å². The molecule has 1 aliphatic carbocycles. The van der Waals surface area contributed by atoms with Crippen molar-refractivity contribution in [2.75, 3.05) is 0 Å². The smallest absolute Gasteiger partial charge is 0.335 e. The molecule has 152 valence electrons. The number of hydrogen-bond donors (Lipinski definition) is 0. The van der Waals surface area contributed by atoms with Crippen LogP contribution < -0.4 is 0 Å². The molecule has 2 aromatic rings. The molecule has 0 N–H and O–H groups in total. The Kier molecular flexibility index (Phi) is 7.66. The first kappa shape index (κ1) is 20.6. The highest BCUT2D eigenvalue weighted by Crippen LogP contribution is 2.25. The molecule has 1 heterocycles. The molecule has 1 aromatic carbocycles. The molecule has 5 heteroatoms. The molecule has 1 unspecified atom stereocenters. The number of aromatic nitrogens is 2. The van der Waals surface area contributed by atoms with E-state index in [1.54, 1.807) is 0 Å². The number of nitrogens with zero attached hydrogens (tertiary/aromatic N) is 2. The first-order chi connectivity index (χ1) is 13.6. The number of carbonyl (C=O) groups is 1. The van der Waals surface area contributed by atoms with Crippen molar-refractivity contribution in [3.8, 4) is 0 Å². The number of rotatable bonds is 8. The topological polar surface area (TPSA) is 53.4 Å². The Morgan fingerprint density at radius 3 is 2.54 bits per heavy atom. The standard InChI is InChI=1S/C23H32N2O3/c1-18(2)22-24-15-17-25(22)16-14-21(19-10-6-5-7-11-19)23(26)28-27-20-12-8-3-4-9-13-20/h5-7,10-11,15,17-18,20-21H,3-4,8-9,12-14,16H2,1-2H3. The van der Waals surface area contributed by atoms with Gasteiger partial charge in [-0.1, -0.05) is 69.9 Å². The zero-order valence-electron chi connectivity index (χ0n) is 17.0. The third kappa shape index (κ3) is 5.68. The Morgan fingerprint density at radius 1 is 1.14 bits per heavy atom. The van der Waals surface area contributed by atoms with Crippen molar-refractivity contribution >= 4 is 5.97 Å². The summed E-state index contributed by atoms with van der Waals surface area (Å²) >= 11 is 0. The normalized spacial score (nSPS) is 16.7. The van der Waals surface area contributed by atoms with Crippen LogP contribution in [0.1, 0.15) is 82.0 Å². The van der Waals surface area contributed by atoms with Gasteiger partial charge in [-0.3, -0.25) is 4.89 Å². The predicted octanol–water partition coefficient (Wildman–Crippen LogP) is 5.38. The molecule has 28 heavy (non-hydrogen) atoms. The maximum atomic E-state index is 12.9. The van der Waals surface area contributed by atoms with Gasteiger partial charge in [-0.2, -0.15) is 4.89 Å². The molecule has 0 spiro atoms. The quantitative estimate of drug-likeness (QED) is 0.348. The third-order valence-corrected chi connectivity index (χ3v) is 5.48. The van der Waals surface area contributed by atoms with Crippen LogP contribution in [0, 0.1) is 0 Å². The average molecular weight is 385 g/mol. The molecule has 3 rings (SSSR count). The summed E-state index contributed by atoms with van der Waals surface area (Å²) < 4.78 is 2.13. The van der Waals surface area contributed by atoms with Gasteiger partial charge in [0.15, 0.2) is 0 Å². The fraction of sp³-hybridized carbons (Fsp3) is 0.565. The zero-order valence-corrected chi connectivity index (χ0v) is 17.0. The van der Waals surface area contributed by atoms with Crippen LogP contribution in [0.2, 0.25) is 0 Å². The summed E-state index contributed by atoms with van der Waals surface area (Å²) in [5.74, 6) is 0.724. The lowest BCUT2D eigenvalue weighted by molar-refractivity contribution is -0.301. The van der Waals surface area contributed by atoms with E-state index in [0.29, 0.717) is 18.9 Å². The molecule has 0 saturated heterocycles. The van der Waals surface area contributed by atoms with Crippen LogP contribution in [-0.4, -0.2) is 21.6 Å². The Hall–Kier alpha value is -2.14. The van der Waals surface area contributed by atoms with Crippen LogP contribution in [-0.2, 0) is 21.1 Å². The van der Waals surface area contributed by atoms with Crippen LogP contribution in [0.5, 0.6) is 0 Å². The molecule has 1 aliphatic rings. The SMILES string of the molecule is CC(C)c1nccn1CCC(C(=O)OOC1CCCCCC1)c1ccccc1. The van der Waals surface area contributed by atoms with Gasteiger partial charge in [0, 0.05) is 24.9 Å². The summed E-state index contributed by atoms with van der Waals surface area (Å²) in [5, 5.41) is 0. The van der Waals surface area contributed by atoms with Crippen molar-refractivity contribution in [2.45, 2.75) is 83.3 Å². The highest BCUT2D eigenvalue weighted by atomic mass is 17.2. The van der Waals surface area contributed by atoms with E-state index in [1.165, 1.54) is 12.8 Å². The van der Waals surface area contributed by atoms with Gasteiger partial charge in [0.05, 0.1) is 5.92 Å². The summed E-state index contributed by atoms with van der Waals surface area (Å²) in [7, 11) is 0. The molecular formula is C23H32N2O3. The lowest BCUT2D eigenvalue weighted by Crippen LogP contribution is -2.22. The molecule has 0 bridgehead atoms. The Balaban J connectivity index is 1.64. The first-order valence-corrected chi connectivity index (χ1v) is 10.6. The lowest BCUT2D eigenvalue weighted by Gasteiger charge is -2.19.